The van der Waals surface area contributed by atoms with Gasteiger partial charge in [0.15, 0.2) is 0 Å². The summed E-state index contributed by atoms with van der Waals surface area (Å²) in [4.78, 5) is 19.8. The number of nitrogens with two attached hydrogens (primary N) is 1. The molecule has 25 heavy (non-hydrogen) atoms. The number of nitrogens with one attached hydrogen (secondary N) is 2. The highest BCUT2D eigenvalue weighted by atomic mass is 35.5. The van der Waals surface area contributed by atoms with Crippen molar-refractivity contribution in [1.29, 1.82) is 0 Å². The number of carbonyl (C=O) groups excluding carboxylic acids is 1. The van der Waals surface area contributed by atoms with Crippen LogP contribution in [-0.2, 0) is 11.2 Å². The lowest BCUT2D eigenvalue weighted by molar-refractivity contribution is -0.128. The molecule has 0 aliphatic heterocycles. The number of carbonyl (C=O) groups is 1. The van der Waals surface area contributed by atoms with E-state index in [0.717, 1.165) is 37.0 Å². The van der Waals surface area contributed by atoms with Crippen LogP contribution in [0.5, 0.6) is 0 Å². The Morgan fingerprint density at radius 3 is 2.92 bits per heavy atom. The summed E-state index contributed by atoms with van der Waals surface area (Å²) in [6.45, 7) is 2.46. The van der Waals surface area contributed by atoms with Crippen molar-refractivity contribution in [2.75, 3.05) is 6.54 Å². The van der Waals surface area contributed by atoms with Crippen molar-refractivity contribution in [1.82, 2.24) is 15.3 Å². The van der Waals surface area contributed by atoms with Gasteiger partial charge in [-0.1, -0.05) is 12.8 Å². The highest BCUT2D eigenvalue weighted by Gasteiger charge is 2.37. The summed E-state index contributed by atoms with van der Waals surface area (Å²) in [6, 6.07) is 4.46. The molecule has 1 heterocycles. The van der Waals surface area contributed by atoms with E-state index >= 15 is 0 Å². The van der Waals surface area contributed by atoms with Gasteiger partial charge in [0.1, 0.15) is 11.6 Å². The molecule has 3 rings (SSSR count). The average molecular weight is 391 g/mol. The first-order valence-electron chi connectivity index (χ1n) is 8.16. The van der Waals surface area contributed by atoms with Gasteiger partial charge >= 0.3 is 0 Å². The van der Waals surface area contributed by atoms with Crippen molar-refractivity contribution in [3.05, 3.63) is 29.8 Å². The fourth-order valence-corrected chi connectivity index (χ4v) is 3.37. The molecule has 1 aromatic carbocycles. The summed E-state index contributed by atoms with van der Waals surface area (Å²) in [5, 5.41) is 2.96. The monoisotopic (exact) mass is 390 g/mol. The van der Waals surface area contributed by atoms with E-state index in [0.29, 0.717) is 18.5 Å². The van der Waals surface area contributed by atoms with Crippen LogP contribution in [0.3, 0.4) is 0 Å². The summed E-state index contributed by atoms with van der Waals surface area (Å²) in [5.41, 5.74) is 7.24. The van der Waals surface area contributed by atoms with Crippen LogP contribution in [-0.4, -0.2) is 28.0 Å². The van der Waals surface area contributed by atoms with Crippen LogP contribution in [0.4, 0.5) is 4.39 Å². The number of H-pyrrole nitrogens is 1. The maximum atomic E-state index is 13.2. The first-order chi connectivity index (χ1) is 11.0. The minimum atomic E-state index is -0.417. The first-order valence-corrected chi connectivity index (χ1v) is 8.16. The molecule has 4 N–H and O–H groups in total. The lowest BCUT2D eigenvalue weighted by atomic mass is 9.74. The van der Waals surface area contributed by atoms with E-state index in [4.69, 9.17) is 5.73 Å². The Kier molecular flexibility index (Phi) is 7.65. The fourth-order valence-electron chi connectivity index (χ4n) is 3.37. The topological polar surface area (TPSA) is 83.8 Å². The normalized spacial score (nSPS) is 22.8. The number of benzene rings is 1. The predicted octanol–water partition coefficient (Wildman–Crippen LogP) is 3.11. The van der Waals surface area contributed by atoms with E-state index in [1.807, 2.05) is 6.92 Å². The molecule has 2 aromatic rings. The number of halogens is 3. The Balaban J connectivity index is 0.00000156. The van der Waals surface area contributed by atoms with Crippen LogP contribution in [0, 0.1) is 11.7 Å². The van der Waals surface area contributed by atoms with Crippen molar-refractivity contribution < 1.29 is 9.18 Å². The SMILES string of the molecule is CC1(N)CCCCC1C(=O)NCCc1nc2ccc(F)cc2[nH]1.Cl.Cl. The van der Waals surface area contributed by atoms with Crippen LogP contribution < -0.4 is 11.1 Å². The number of amides is 1. The zero-order valence-corrected chi connectivity index (χ0v) is 15.8. The second-order valence-electron chi connectivity index (χ2n) is 6.69. The number of nitrogens with zero attached hydrogens (tertiary/aromatic N) is 1. The summed E-state index contributed by atoms with van der Waals surface area (Å²) >= 11 is 0. The molecular formula is C17H25Cl2FN4O. The molecule has 0 bridgehead atoms. The molecule has 2 unspecified atom stereocenters. The second-order valence-corrected chi connectivity index (χ2v) is 6.69. The van der Waals surface area contributed by atoms with Crippen molar-refractivity contribution in [2.24, 2.45) is 11.7 Å². The molecule has 0 saturated heterocycles. The van der Waals surface area contributed by atoms with Gasteiger partial charge in [-0.05, 0) is 38.0 Å². The minimum absolute atomic E-state index is 0. The van der Waals surface area contributed by atoms with Crippen LogP contribution >= 0.6 is 24.8 Å². The molecule has 1 amide bonds. The molecule has 0 spiro atoms. The Labute approximate surface area is 159 Å². The van der Waals surface area contributed by atoms with Crippen molar-refractivity contribution in [3.63, 3.8) is 0 Å². The minimum Gasteiger partial charge on any atom is -0.355 e. The molecule has 1 aromatic heterocycles. The Morgan fingerprint density at radius 1 is 1.44 bits per heavy atom. The van der Waals surface area contributed by atoms with E-state index in [9.17, 15) is 9.18 Å². The fraction of sp³-hybridized carbons (Fsp3) is 0.529. The van der Waals surface area contributed by atoms with E-state index in [1.54, 1.807) is 6.07 Å². The van der Waals surface area contributed by atoms with Gasteiger partial charge in [-0.25, -0.2) is 9.37 Å². The summed E-state index contributed by atoms with van der Waals surface area (Å²) in [5.74, 6) is 0.350. The van der Waals surface area contributed by atoms with E-state index in [1.165, 1.54) is 12.1 Å². The quantitative estimate of drug-likeness (QED) is 0.749. The Morgan fingerprint density at radius 2 is 2.20 bits per heavy atom. The highest BCUT2D eigenvalue weighted by molar-refractivity contribution is 5.85. The molecule has 1 fully saturated rings. The number of imidazole rings is 1. The van der Waals surface area contributed by atoms with Crippen LogP contribution in [0.2, 0.25) is 0 Å². The van der Waals surface area contributed by atoms with Gasteiger partial charge in [0.05, 0.1) is 17.0 Å². The maximum absolute atomic E-state index is 13.2. The Hall–Kier alpha value is -1.37. The average Bonchev–Trinajstić information content (AvgIpc) is 2.88. The number of rotatable bonds is 4. The number of aromatic amines is 1. The Bertz CT molecular complexity index is 720. The van der Waals surface area contributed by atoms with Crippen LogP contribution in [0.15, 0.2) is 18.2 Å². The van der Waals surface area contributed by atoms with Gasteiger partial charge in [-0.2, -0.15) is 0 Å². The molecule has 140 valence electrons. The van der Waals surface area contributed by atoms with Gasteiger partial charge in [0.2, 0.25) is 5.91 Å². The molecule has 2 atom stereocenters. The molecule has 1 aliphatic rings. The third kappa shape index (κ3) is 5.06. The van der Waals surface area contributed by atoms with Crippen LogP contribution in [0.1, 0.15) is 38.4 Å². The molecule has 5 nitrogen and oxygen atoms in total. The molecule has 1 saturated carbocycles. The first kappa shape index (κ1) is 21.7. The zero-order valence-electron chi connectivity index (χ0n) is 14.2. The molecule has 0 radical (unpaired) electrons. The summed E-state index contributed by atoms with van der Waals surface area (Å²) in [7, 11) is 0. The smallest absolute Gasteiger partial charge is 0.224 e. The molecular weight excluding hydrogens is 366 g/mol. The molecule has 1 aliphatic carbocycles. The molecule has 8 heteroatoms. The summed E-state index contributed by atoms with van der Waals surface area (Å²) in [6.07, 6.45) is 4.46. The number of aromatic nitrogens is 2. The van der Waals surface area contributed by atoms with Gasteiger partial charge in [0, 0.05) is 18.5 Å². The van der Waals surface area contributed by atoms with Crippen molar-refractivity contribution in [2.45, 2.75) is 44.6 Å². The van der Waals surface area contributed by atoms with E-state index in [2.05, 4.69) is 15.3 Å². The third-order valence-corrected chi connectivity index (χ3v) is 4.72. The van der Waals surface area contributed by atoms with E-state index < -0.39 is 5.54 Å². The largest absolute Gasteiger partial charge is 0.355 e. The highest BCUT2D eigenvalue weighted by Crippen LogP contribution is 2.31. The zero-order chi connectivity index (χ0) is 16.4. The van der Waals surface area contributed by atoms with Crippen molar-refractivity contribution >= 4 is 41.8 Å². The predicted molar refractivity (Wildman–Crippen MR) is 102 cm³/mol. The maximum Gasteiger partial charge on any atom is 0.224 e. The summed E-state index contributed by atoms with van der Waals surface area (Å²) < 4.78 is 13.2. The van der Waals surface area contributed by atoms with Gasteiger partial charge in [-0.15, -0.1) is 24.8 Å². The lowest BCUT2D eigenvalue weighted by Crippen LogP contribution is -2.53. The standard InChI is InChI=1S/C17H23FN4O.2ClH/c1-17(19)8-3-2-4-12(17)16(23)20-9-7-15-21-13-6-5-11(18)10-14(13)22-15;;/h5-6,10,12H,2-4,7-9,19H2,1H3,(H,20,23)(H,21,22);2*1H. The van der Waals surface area contributed by atoms with Gasteiger partial charge in [-0.3, -0.25) is 4.79 Å². The van der Waals surface area contributed by atoms with Crippen molar-refractivity contribution in [3.8, 4) is 0 Å². The van der Waals surface area contributed by atoms with Crippen LogP contribution in [0.25, 0.3) is 11.0 Å². The van der Waals surface area contributed by atoms with E-state index in [-0.39, 0.29) is 42.5 Å². The third-order valence-electron chi connectivity index (χ3n) is 4.72. The second kappa shape index (κ2) is 8.83. The lowest BCUT2D eigenvalue weighted by Gasteiger charge is -2.37. The van der Waals surface area contributed by atoms with Gasteiger partial charge < -0.3 is 16.0 Å². The number of fused-ring (bicyclic) bond motifs is 1. The number of hydrogen-bond acceptors (Lipinski definition) is 3. The number of hydrogen-bond donors (Lipinski definition) is 3. The van der Waals surface area contributed by atoms with Gasteiger partial charge in [0.25, 0.3) is 0 Å².